The number of esters is 1. The lowest BCUT2D eigenvalue weighted by Gasteiger charge is -2.39. The van der Waals surface area contributed by atoms with E-state index in [2.05, 4.69) is 0 Å². The SMILES string of the molecule is CCOC(=O)c1ccc(N2C(=O)CC(N(C(C)(C)CC)S(=O)(=O)c3ccc4ccccc4c3)C2=O)cc1. The lowest BCUT2D eigenvalue weighted by molar-refractivity contribution is -0.122. The van der Waals surface area contributed by atoms with Gasteiger partial charge in [-0.05, 0) is 74.4 Å². The number of carbonyl (C=O) groups is 3. The number of hydrogen-bond acceptors (Lipinski definition) is 6. The van der Waals surface area contributed by atoms with Crippen molar-refractivity contribution in [1.82, 2.24) is 4.31 Å². The molecule has 1 heterocycles. The highest BCUT2D eigenvalue weighted by molar-refractivity contribution is 7.89. The number of imide groups is 1. The molecule has 9 heteroatoms. The van der Waals surface area contributed by atoms with Gasteiger partial charge in [0.1, 0.15) is 6.04 Å². The molecular formula is C28H30N2O6S. The predicted octanol–water partition coefficient (Wildman–Crippen LogP) is 4.53. The van der Waals surface area contributed by atoms with Gasteiger partial charge in [-0.3, -0.25) is 9.59 Å². The molecule has 3 aromatic carbocycles. The quantitative estimate of drug-likeness (QED) is 0.318. The van der Waals surface area contributed by atoms with Crippen LogP contribution in [0.15, 0.2) is 71.6 Å². The van der Waals surface area contributed by atoms with E-state index in [4.69, 9.17) is 4.74 Å². The molecule has 0 saturated carbocycles. The van der Waals surface area contributed by atoms with Crippen molar-refractivity contribution in [2.45, 2.75) is 57.0 Å². The van der Waals surface area contributed by atoms with Gasteiger partial charge in [0.05, 0.1) is 29.2 Å². The molecule has 1 fully saturated rings. The number of nitrogens with zero attached hydrogens (tertiary/aromatic N) is 2. The van der Waals surface area contributed by atoms with Crippen LogP contribution in [0.4, 0.5) is 5.69 Å². The number of fused-ring (bicyclic) bond motifs is 1. The summed E-state index contributed by atoms with van der Waals surface area (Å²) in [5.74, 6) is -1.65. The van der Waals surface area contributed by atoms with E-state index in [1.807, 2.05) is 31.2 Å². The number of rotatable bonds is 8. The average Bonchev–Trinajstić information content (AvgIpc) is 3.16. The third kappa shape index (κ3) is 4.89. The van der Waals surface area contributed by atoms with Crippen LogP contribution >= 0.6 is 0 Å². The molecular weight excluding hydrogens is 492 g/mol. The zero-order valence-corrected chi connectivity index (χ0v) is 22.1. The highest BCUT2D eigenvalue weighted by Crippen LogP contribution is 2.36. The summed E-state index contributed by atoms with van der Waals surface area (Å²) in [4.78, 5) is 39.7. The van der Waals surface area contributed by atoms with Crippen molar-refractivity contribution in [1.29, 1.82) is 0 Å². The first-order chi connectivity index (χ1) is 17.5. The van der Waals surface area contributed by atoms with E-state index in [1.54, 1.807) is 32.9 Å². The fraction of sp³-hybridized carbons (Fsp3) is 0.321. The highest BCUT2D eigenvalue weighted by Gasteiger charge is 2.51. The van der Waals surface area contributed by atoms with Crippen LogP contribution in [0.5, 0.6) is 0 Å². The smallest absolute Gasteiger partial charge is 0.338 e. The summed E-state index contributed by atoms with van der Waals surface area (Å²) in [6, 6.07) is 17.0. The van der Waals surface area contributed by atoms with Gasteiger partial charge in [-0.1, -0.05) is 37.3 Å². The predicted molar refractivity (Wildman–Crippen MR) is 141 cm³/mol. The Labute approximate surface area is 216 Å². The van der Waals surface area contributed by atoms with Gasteiger partial charge in [0, 0.05) is 5.54 Å². The molecule has 1 atom stereocenters. The number of sulfonamides is 1. The number of hydrogen-bond donors (Lipinski definition) is 0. The molecule has 1 aliphatic heterocycles. The van der Waals surface area contributed by atoms with Crippen LogP contribution in [-0.2, 0) is 24.3 Å². The molecule has 8 nitrogen and oxygen atoms in total. The van der Waals surface area contributed by atoms with Crippen molar-refractivity contribution >= 4 is 44.3 Å². The van der Waals surface area contributed by atoms with Crippen molar-refractivity contribution in [2.24, 2.45) is 0 Å². The Morgan fingerprint density at radius 1 is 1.00 bits per heavy atom. The van der Waals surface area contributed by atoms with E-state index in [0.29, 0.717) is 6.42 Å². The lowest BCUT2D eigenvalue weighted by atomic mass is 10.00. The second kappa shape index (κ2) is 10.1. The molecule has 3 aromatic rings. The molecule has 0 bridgehead atoms. The Morgan fingerprint density at radius 2 is 1.65 bits per heavy atom. The van der Waals surface area contributed by atoms with E-state index in [1.165, 1.54) is 34.6 Å². The van der Waals surface area contributed by atoms with Crippen LogP contribution in [-0.4, -0.2) is 48.7 Å². The maximum Gasteiger partial charge on any atom is 0.338 e. The molecule has 1 saturated heterocycles. The minimum atomic E-state index is -4.16. The highest BCUT2D eigenvalue weighted by atomic mass is 32.2. The van der Waals surface area contributed by atoms with Gasteiger partial charge in [-0.25, -0.2) is 18.1 Å². The molecule has 4 rings (SSSR count). The normalized spacial score (nSPS) is 16.6. The van der Waals surface area contributed by atoms with Crippen LogP contribution in [0.25, 0.3) is 10.8 Å². The third-order valence-corrected chi connectivity index (χ3v) is 8.90. The van der Waals surface area contributed by atoms with Gasteiger partial charge < -0.3 is 4.74 Å². The number of amides is 2. The summed E-state index contributed by atoms with van der Waals surface area (Å²) in [7, 11) is -4.16. The van der Waals surface area contributed by atoms with E-state index >= 15 is 0 Å². The lowest BCUT2D eigenvalue weighted by Crippen LogP contribution is -2.55. The molecule has 1 unspecified atom stereocenters. The van der Waals surface area contributed by atoms with Crippen LogP contribution in [0.1, 0.15) is 50.9 Å². The Kier molecular flexibility index (Phi) is 7.21. The second-order valence-corrected chi connectivity index (χ2v) is 11.3. The summed E-state index contributed by atoms with van der Waals surface area (Å²) < 4.78 is 34.2. The Hall–Kier alpha value is -3.56. The summed E-state index contributed by atoms with van der Waals surface area (Å²) >= 11 is 0. The summed E-state index contributed by atoms with van der Waals surface area (Å²) in [5, 5.41) is 1.65. The van der Waals surface area contributed by atoms with Gasteiger partial charge in [0.25, 0.3) is 5.91 Å². The first kappa shape index (κ1) is 26.5. The molecule has 37 heavy (non-hydrogen) atoms. The van der Waals surface area contributed by atoms with Crippen molar-refractivity contribution in [3.05, 3.63) is 72.3 Å². The standard InChI is InChI=1S/C28H30N2O6S/c1-5-28(3,4)30(37(34,35)23-16-13-19-9-7-8-10-21(19)17-23)24-18-25(31)29(26(24)32)22-14-11-20(12-15-22)27(33)36-6-2/h7-17,24H,5-6,18H2,1-4H3. The largest absolute Gasteiger partial charge is 0.462 e. The summed E-state index contributed by atoms with van der Waals surface area (Å²) in [5.41, 5.74) is -0.397. The summed E-state index contributed by atoms with van der Waals surface area (Å²) in [6.45, 7) is 7.26. The van der Waals surface area contributed by atoms with Gasteiger partial charge in [0.2, 0.25) is 15.9 Å². The molecule has 0 aliphatic carbocycles. The maximum absolute atomic E-state index is 14.0. The van der Waals surface area contributed by atoms with Gasteiger partial charge in [0.15, 0.2) is 0 Å². The minimum absolute atomic E-state index is 0.0604. The molecule has 2 amide bonds. The van der Waals surface area contributed by atoms with E-state index in [0.717, 1.165) is 15.7 Å². The summed E-state index contributed by atoms with van der Waals surface area (Å²) in [6.07, 6.45) is 0.140. The Balaban J connectivity index is 1.72. The zero-order chi connectivity index (χ0) is 27.0. The van der Waals surface area contributed by atoms with Crippen molar-refractivity contribution in [3.8, 4) is 0 Å². The first-order valence-electron chi connectivity index (χ1n) is 12.2. The number of anilines is 1. The van der Waals surface area contributed by atoms with E-state index < -0.39 is 39.4 Å². The van der Waals surface area contributed by atoms with E-state index in [9.17, 15) is 22.8 Å². The zero-order valence-electron chi connectivity index (χ0n) is 21.3. The molecule has 194 valence electrons. The van der Waals surface area contributed by atoms with Crippen LogP contribution < -0.4 is 4.90 Å². The van der Waals surface area contributed by atoms with Gasteiger partial charge >= 0.3 is 5.97 Å². The van der Waals surface area contributed by atoms with Crippen molar-refractivity contribution in [3.63, 3.8) is 0 Å². The van der Waals surface area contributed by atoms with Crippen LogP contribution in [0, 0.1) is 0 Å². The topological polar surface area (TPSA) is 101 Å². The maximum atomic E-state index is 14.0. The van der Waals surface area contributed by atoms with Crippen molar-refractivity contribution < 1.29 is 27.5 Å². The third-order valence-electron chi connectivity index (χ3n) is 6.78. The average molecular weight is 523 g/mol. The Bertz CT molecular complexity index is 1460. The number of benzene rings is 3. The van der Waals surface area contributed by atoms with Gasteiger partial charge in [-0.15, -0.1) is 0 Å². The molecule has 0 radical (unpaired) electrons. The molecule has 0 N–H and O–H groups in total. The molecule has 0 spiro atoms. The molecule has 0 aromatic heterocycles. The van der Waals surface area contributed by atoms with Crippen LogP contribution in [0.3, 0.4) is 0 Å². The number of ether oxygens (including phenoxy) is 1. The second-order valence-electron chi connectivity index (χ2n) is 9.53. The monoisotopic (exact) mass is 522 g/mol. The minimum Gasteiger partial charge on any atom is -0.462 e. The van der Waals surface area contributed by atoms with Gasteiger partial charge in [-0.2, -0.15) is 4.31 Å². The van der Waals surface area contributed by atoms with Crippen LogP contribution in [0.2, 0.25) is 0 Å². The number of carbonyl (C=O) groups excluding carboxylic acids is 3. The van der Waals surface area contributed by atoms with E-state index in [-0.39, 0.29) is 29.2 Å². The Morgan fingerprint density at radius 3 is 2.27 bits per heavy atom. The first-order valence-corrected chi connectivity index (χ1v) is 13.6. The fourth-order valence-corrected chi connectivity index (χ4v) is 6.57. The fourth-order valence-electron chi connectivity index (χ4n) is 4.54. The molecule has 1 aliphatic rings. The van der Waals surface area contributed by atoms with Crippen molar-refractivity contribution in [2.75, 3.05) is 11.5 Å².